The molecule has 0 aliphatic carbocycles. The number of rotatable bonds is 5. The number of piperazine rings is 1. The lowest BCUT2D eigenvalue weighted by atomic mass is 10.0. The van der Waals surface area contributed by atoms with Crippen molar-refractivity contribution in [3.05, 3.63) is 58.7 Å². The number of amides is 1. The third-order valence-corrected chi connectivity index (χ3v) is 5.52. The Hall–Kier alpha value is -2.58. The zero-order chi connectivity index (χ0) is 21.9. The van der Waals surface area contributed by atoms with E-state index in [1.807, 2.05) is 11.8 Å². The quantitative estimate of drug-likeness (QED) is 0.719. The van der Waals surface area contributed by atoms with Crippen molar-refractivity contribution in [3.63, 3.8) is 0 Å². The van der Waals surface area contributed by atoms with E-state index in [2.05, 4.69) is 17.1 Å². The largest absolute Gasteiger partial charge is 0.416 e. The van der Waals surface area contributed by atoms with Gasteiger partial charge in [0.15, 0.2) is 0 Å². The van der Waals surface area contributed by atoms with E-state index in [1.54, 1.807) is 18.2 Å². The number of alkyl halides is 3. The minimum atomic E-state index is -4.54. The van der Waals surface area contributed by atoms with Crippen molar-refractivity contribution in [2.75, 3.05) is 43.8 Å². The Labute approximate surface area is 174 Å². The van der Waals surface area contributed by atoms with Crippen LogP contribution in [0.25, 0.3) is 0 Å². The fraction of sp³-hybridized carbons (Fsp3) is 0.409. The van der Waals surface area contributed by atoms with Gasteiger partial charge >= 0.3 is 6.18 Å². The van der Waals surface area contributed by atoms with Crippen LogP contribution in [-0.4, -0.2) is 48.4 Å². The Kier molecular flexibility index (Phi) is 6.67. The third kappa shape index (κ3) is 5.31. The minimum Gasteiger partial charge on any atom is -0.398 e. The molecular weight excluding hydrogens is 393 g/mol. The van der Waals surface area contributed by atoms with Crippen LogP contribution in [0, 0.1) is 6.92 Å². The first kappa shape index (κ1) is 22.1. The van der Waals surface area contributed by atoms with Crippen LogP contribution in [0.2, 0.25) is 0 Å². The van der Waals surface area contributed by atoms with Gasteiger partial charge in [0.25, 0.3) is 5.91 Å². The van der Waals surface area contributed by atoms with Crippen LogP contribution < -0.4 is 11.1 Å². The topological polar surface area (TPSA) is 61.6 Å². The maximum atomic E-state index is 13.7. The second-order valence-corrected chi connectivity index (χ2v) is 7.61. The summed E-state index contributed by atoms with van der Waals surface area (Å²) >= 11 is 0. The summed E-state index contributed by atoms with van der Waals surface area (Å²) in [6, 6.07) is 8.78. The van der Waals surface area contributed by atoms with Crippen molar-refractivity contribution in [2.45, 2.75) is 26.6 Å². The number of carbonyl (C=O) groups is 1. The molecule has 0 radical (unpaired) electrons. The molecule has 0 unspecified atom stereocenters. The number of nitrogens with one attached hydrogen (secondary N) is 1. The summed E-state index contributed by atoms with van der Waals surface area (Å²) < 4.78 is 41.1. The Morgan fingerprint density at radius 1 is 1.07 bits per heavy atom. The molecule has 0 bridgehead atoms. The summed E-state index contributed by atoms with van der Waals surface area (Å²) in [4.78, 5) is 16.8. The number of hydrogen-bond donors (Lipinski definition) is 2. The lowest BCUT2D eigenvalue weighted by Gasteiger charge is -2.34. The molecule has 1 amide bonds. The summed E-state index contributed by atoms with van der Waals surface area (Å²) in [5.74, 6) is -0.605. The molecule has 2 aromatic rings. The Balaban J connectivity index is 1.78. The van der Waals surface area contributed by atoms with E-state index in [0.29, 0.717) is 11.4 Å². The van der Waals surface area contributed by atoms with Gasteiger partial charge < -0.3 is 16.0 Å². The molecule has 8 heteroatoms. The Bertz CT molecular complexity index is 906. The van der Waals surface area contributed by atoms with Gasteiger partial charge in [-0.2, -0.15) is 13.2 Å². The SMILES string of the molecule is CCN1CCN(Cc2ccc(C(=O)Nc3ccc(C)c(N)c3)cc2C(F)(F)F)CC1. The third-order valence-electron chi connectivity index (χ3n) is 5.52. The summed E-state index contributed by atoms with van der Waals surface area (Å²) in [5, 5.41) is 2.61. The first-order valence-corrected chi connectivity index (χ1v) is 9.99. The van der Waals surface area contributed by atoms with E-state index < -0.39 is 17.6 Å². The van der Waals surface area contributed by atoms with E-state index in [0.717, 1.165) is 44.4 Å². The predicted molar refractivity (Wildman–Crippen MR) is 112 cm³/mol. The average molecular weight is 420 g/mol. The molecule has 30 heavy (non-hydrogen) atoms. The number of nitrogens with zero attached hydrogens (tertiary/aromatic N) is 2. The summed E-state index contributed by atoms with van der Waals surface area (Å²) in [6.07, 6.45) is -4.54. The molecule has 2 aromatic carbocycles. The fourth-order valence-corrected chi connectivity index (χ4v) is 3.55. The molecule has 3 N–H and O–H groups in total. The highest BCUT2D eigenvalue weighted by Crippen LogP contribution is 2.33. The number of aryl methyl sites for hydroxylation is 1. The van der Waals surface area contributed by atoms with E-state index in [9.17, 15) is 18.0 Å². The highest BCUT2D eigenvalue weighted by Gasteiger charge is 2.34. The van der Waals surface area contributed by atoms with Gasteiger partial charge in [0.2, 0.25) is 0 Å². The summed E-state index contributed by atoms with van der Waals surface area (Å²) in [7, 11) is 0. The van der Waals surface area contributed by atoms with E-state index in [1.165, 1.54) is 12.1 Å². The highest BCUT2D eigenvalue weighted by atomic mass is 19.4. The number of benzene rings is 2. The number of anilines is 2. The molecule has 1 saturated heterocycles. The number of likely N-dealkylation sites (N-methyl/N-ethyl adjacent to an activating group) is 1. The van der Waals surface area contributed by atoms with Gasteiger partial charge in [-0.05, 0) is 48.9 Å². The molecule has 1 heterocycles. The second-order valence-electron chi connectivity index (χ2n) is 7.61. The smallest absolute Gasteiger partial charge is 0.398 e. The molecule has 1 fully saturated rings. The van der Waals surface area contributed by atoms with Crippen molar-refractivity contribution in [1.29, 1.82) is 0 Å². The normalized spacial score (nSPS) is 15.9. The Morgan fingerprint density at radius 3 is 2.33 bits per heavy atom. The van der Waals surface area contributed by atoms with Crippen LogP contribution in [0.3, 0.4) is 0 Å². The molecule has 0 atom stereocenters. The van der Waals surface area contributed by atoms with E-state index >= 15 is 0 Å². The maximum absolute atomic E-state index is 13.7. The second kappa shape index (κ2) is 9.06. The standard InChI is InChI=1S/C22H27F3N4O/c1-3-28-8-10-29(11-9-28)14-17-6-5-16(12-19(17)22(23,24)25)21(30)27-18-7-4-15(2)20(26)13-18/h4-7,12-13H,3,8-11,14,26H2,1-2H3,(H,27,30). The molecule has 1 aliphatic heterocycles. The van der Waals surface area contributed by atoms with Crippen LogP contribution >= 0.6 is 0 Å². The van der Waals surface area contributed by atoms with E-state index in [4.69, 9.17) is 5.73 Å². The molecule has 1 aliphatic rings. The van der Waals surface area contributed by atoms with Crippen LogP contribution in [0.1, 0.15) is 34.0 Å². The molecule has 162 valence electrons. The summed E-state index contributed by atoms with van der Waals surface area (Å²) in [6.45, 7) is 8.20. The van der Waals surface area contributed by atoms with Crippen molar-refractivity contribution < 1.29 is 18.0 Å². The molecule has 0 spiro atoms. The summed E-state index contributed by atoms with van der Waals surface area (Å²) in [5.41, 5.74) is 7.01. The zero-order valence-corrected chi connectivity index (χ0v) is 17.2. The molecule has 0 aromatic heterocycles. The predicted octanol–water partition coefficient (Wildman–Crippen LogP) is 3.99. The van der Waals surface area contributed by atoms with Crippen molar-refractivity contribution >= 4 is 17.3 Å². The maximum Gasteiger partial charge on any atom is 0.416 e. The highest BCUT2D eigenvalue weighted by molar-refractivity contribution is 6.04. The number of halogens is 3. The van der Waals surface area contributed by atoms with Crippen LogP contribution in [-0.2, 0) is 12.7 Å². The monoisotopic (exact) mass is 420 g/mol. The number of nitrogen functional groups attached to an aromatic ring is 1. The average Bonchev–Trinajstić information content (AvgIpc) is 2.71. The Morgan fingerprint density at radius 2 is 1.73 bits per heavy atom. The lowest BCUT2D eigenvalue weighted by molar-refractivity contribution is -0.138. The van der Waals surface area contributed by atoms with Gasteiger partial charge in [-0.25, -0.2) is 0 Å². The molecular formula is C22H27F3N4O. The van der Waals surface area contributed by atoms with Gasteiger partial charge in [-0.3, -0.25) is 9.69 Å². The van der Waals surface area contributed by atoms with Gasteiger partial charge in [-0.15, -0.1) is 0 Å². The number of hydrogen-bond acceptors (Lipinski definition) is 4. The molecule has 5 nitrogen and oxygen atoms in total. The van der Waals surface area contributed by atoms with E-state index in [-0.39, 0.29) is 17.7 Å². The van der Waals surface area contributed by atoms with Crippen molar-refractivity contribution in [2.24, 2.45) is 0 Å². The van der Waals surface area contributed by atoms with Gasteiger partial charge in [0.05, 0.1) is 5.56 Å². The zero-order valence-electron chi connectivity index (χ0n) is 17.2. The first-order chi connectivity index (χ1) is 14.2. The van der Waals surface area contributed by atoms with Crippen LogP contribution in [0.5, 0.6) is 0 Å². The fourth-order valence-electron chi connectivity index (χ4n) is 3.55. The van der Waals surface area contributed by atoms with Crippen molar-refractivity contribution in [1.82, 2.24) is 9.80 Å². The molecule has 0 saturated carbocycles. The van der Waals surface area contributed by atoms with Gasteiger partial charge in [-0.1, -0.05) is 19.1 Å². The van der Waals surface area contributed by atoms with Crippen molar-refractivity contribution in [3.8, 4) is 0 Å². The van der Waals surface area contributed by atoms with Crippen LogP contribution in [0.15, 0.2) is 36.4 Å². The molecule has 3 rings (SSSR count). The number of nitrogens with two attached hydrogens (primary N) is 1. The van der Waals surface area contributed by atoms with Gasteiger partial charge in [0.1, 0.15) is 0 Å². The van der Waals surface area contributed by atoms with Gasteiger partial charge in [0, 0.05) is 49.7 Å². The lowest BCUT2D eigenvalue weighted by Crippen LogP contribution is -2.45. The minimum absolute atomic E-state index is 0.0407. The van der Waals surface area contributed by atoms with Crippen LogP contribution in [0.4, 0.5) is 24.5 Å². The number of carbonyl (C=O) groups excluding carboxylic acids is 1. The first-order valence-electron chi connectivity index (χ1n) is 9.99.